The predicted molar refractivity (Wildman–Crippen MR) is 85.7 cm³/mol. The normalized spacial score (nSPS) is 13.2. The highest BCUT2D eigenvalue weighted by Gasteiger charge is 2.20. The second-order valence-electron chi connectivity index (χ2n) is 6.38. The molecule has 0 bridgehead atoms. The first-order chi connectivity index (χ1) is 9.99. The summed E-state index contributed by atoms with van der Waals surface area (Å²) in [6.45, 7) is 8.41. The van der Waals surface area contributed by atoms with Crippen LogP contribution in [0.15, 0.2) is 16.7 Å². The first-order valence-corrected chi connectivity index (χ1v) is 7.85. The number of hydrogen-bond donors (Lipinski definition) is 2. The van der Waals surface area contributed by atoms with Gasteiger partial charge in [-0.2, -0.15) is 0 Å². The van der Waals surface area contributed by atoms with Crippen LogP contribution in [0.1, 0.15) is 63.1 Å². The Bertz CT molecular complexity index is 610. The third-order valence-electron chi connectivity index (χ3n) is 4.08. The molecule has 0 spiro atoms. The van der Waals surface area contributed by atoms with Gasteiger partial charge in [0.1, 0.15) is 11.3 Å². The van der Waals surface area contributed by atoms with E-state index < -0.39 is 0 Å². The van der Waals surface area contributed by atoms with Gasteiger partial charge in [-0.25, -0.2) is 0 Å². The molecule has 0 aliphatic carbocycles. The molecule has 3 nitrogen and oxygen atoms in total. The van der Waals surface area contributed by atoms with Gasteiger partial charge in [0.15, 0.2) is 0 Å². The van der Waals surface area contributed by atoms with Crippen LogP contribution in [0.3, 0.4) is 0 Å². The molecule has 0 saturated carbocycles. The molecule has 3 heteroatoms. The fourth-order valence-corrected chi connectivity index (χ4v) is 3.02. The Labute approximate surface area is 126 Å². The number of furan rings is 1. The van der Waals surface area contributed by atoms with E-state index in [0.717, 1.165) is 30.2 Å². The summed E-state index contributed by atoms with van der Waals surface area (Å²) in [6.07, 6.45) is 4.80. The summed E-state index contributed by atoms with van der Waals surface area (Å²) in [5, 5.41) is 21.0. The zero-order valence-electron chi connectivity index (χ0n) is 13.4. The number of fused-ring (bicyclic) bond motifs is 1. The second kappa shape index (κ2) is 6.52. The van der Waals surface area contributed by atoms with E-state index in [2.05, 4.69) is 27.7 Å². The smallest absolute Gasteiger partial charge is 0.143 e. The maximum Gasteiger partial charge on any atom is 0.143 e. The Morgan fingerprint density at radius 1 is 1.24 bits per heavy atom. The molecule has 0 saturated heterocycles. The van der Waals surface area contributed by atoms with Crippen molar-refractivity contribution < 1.29 is 14.6 Å². The minimum absolute atomic E-state index is 0.183. The minimum atomic E-state index is -0.205. The molecule has 21 heavy (non-hydrogen) atoms. The summed E-state index contributed by atoms with van der Waals surface area (Å²) in [6, 6.07) is 2.04. The SMILES string of the molecule is CCCC(C)c1coc2c(CO)c(O)c(CC(C)C)cc12. The zero-order valence-corrected chi connectivity index (χ0v) is 13.4. The largest absolute Gasteiger partial charge is 0.507 e. The van der Waals surface area contributed by atoms with Crippen LogP contribution in [0.2, 0.25) is 0 Å². The Morgan fingerprint density at radius 3 is 2.52 bits per heavy atom. The van der Waals surface area contributed by atoms with Crippen molar-refractivity contribution in [2.75, 3.05) is 0 Å². The molecule has 116 valence electrons. The Hall–Kier alpha value is -1.48. The molecule has 1 aromatic heterocycles. The van der Waals surface area contributed by atoms with Crippen LogP contribution in [0, 0.1) is 5.92 Å². The third-order valence-corrected chi connectivity index (χ3v) is 4.08. The first-order valence-electron chi connectivity index (χ1n) is 7.85. The summed E-state index contributed by atoms with van der Waals surface area (Å²) in [4.78, 5) is 0. The van der Waals surface area contributed by atoms with E-state index >= 15 is 0 Å². The van der Waals surface area contributed by atoms with Crippen molar-refractivity contribution in [3.05, 3.63) is 29.0 Å². The monoisotopic (exact) mass is 290 g/mol. The molecule has 0 aliphatic rings. The van der Waals surface area contributed by atoms with Crippen LogP contribution in [-0.2, 0) is 13.0 Å². The van der Waals surface area contributed by atoms with Crippen LogP contribution in [0.4, 0.5) is 0 Å². The molecule has 1 atom stereocenters. The van der Waals surface area contributed by atoms with Crippen LogP contribution < -0.4 is 0 Å². The van der Waals surface area contributed by atoms with Crippen molar-refractivity contribution in [1.82, 2.24) is 0 Å². The number of hydrogen-bond acceptors (Lipinski definition) is 3. The topological polar surface area (TPSA) is 53.6 Å². The highest BCUT2D eigenvalue weighted by molar-refractivity contribution is 5.87. The zero-order chi connectivity index (χ0) is 15.6. The summed E-state index contributed by atoms with van der Waals surface area (Å²) in [7, 11) is 0. The molecule has 0 fully saturated rings. The lowest BCUT2D eigenvalue weighted by atomic mass is 9.92. The molecule has 1 aromatic carbocycles. The maximum absolute atomic E-state index is 10.4. The van der Waals surface area contributed by atoms with E-state index in [1.54, 1.807) is 6.26 Å². The van der Waals surface area contributed by atoms with E-state index in [-0.39, 0.29) is 12.4 Å². The minimum Gasteiger partial charge on any atom is -0.507 e. The summed E-state index contributed by atoms with van der Waals surface area (Å²) >= 11 is 0. The van der Waals surface area contributed by atoms with Gasteiger partial charge < -0.3 is 14.6 Å². The third kappa shape index (κ3) is 3.08. The number of aliphatic hydroxyl groups excluding tert-OH is 1. The summed E-state index contributed by atoms with van der Waals surface area (Å²) < 4.78 is 5.66. The lowest BCUT2D eigenvalue weighted by Crippen LogP contribution is -1.99. The number of aromatic hydroxyl groups is 1. The highest BCUT2D eigenvalue weighted by atomic mass is 16.3. The van der Waals surface area contributed by atoms with Gasteiger partial charge in [-0.1, -0.05) is 34.1 Å². The van der Waals surface area contributed by atoms with Gasteiger partial charge in [-0.15, -0.1) is 0 Å². The van der Waals surface area contributed by atoms with Gasteiger partial charge in [-0.3, -0.25) is 0 Å². The average Bonchev–Trinajstić information content (AvgIpc) is 2.83. The van der Waals surface area contributed by atoms with E-state index in [4.69, 9.17) is 4.42 Å². The number of rotatable bonds is 6. The standard InChI is InChI=1S/C18H26O3/c1-5-6-12(4)16-10-21-18-14(16)8-13(7-11(2)3)17(20)15(18)9-19/h8,10-12,19-20H,5-7,9H2,1-4H3. The van der Waals surface area contributed by atoms with Gasteiger partial charge in [0.05, 0.1) is 18.4 Å². The van der Waals surface area contributed by atoms with Crippen LogP contribution in [0.5, 0.6) is 5.75 Å². The van der Waals surface area contributed by atoms with Crippen molar-refractivity contribution in [2.45, 2.75) is 59.5 Å². The Kier molecular flexibility index (Phi) is 4.94. The quantitative estimate of drug-likeness (QED) is 0.808. The lowest BCUT2D eigenvalue weighted by Gasteiger charge is -2.13. The second-order valence-corrected chi connectivity index (χ2v) is 6.38. The van der Waals surface area contributed by atoms with Crippen molar-refractivity contribution in [3.63, 3.8) is 0 Å². The summed E-state index contributed by atoms with van der Waals surface area (Å²) in [5.74, 6) is 1.05. The molecule has 2 rings (SSSR count). The lowest BCUT2D eigenvalue weighted by molar-refractivity contribution is 0.275. The van der Waals surface area contributed by atoms with Gasteiger partial charge in [0.2, 0.25) is 0 Å². The fourth-order valence-electron chi connectivity index (χ4n) is 3.02. The van der Waals surface area contributed by atoms with Crippen LogP contribution in [-0.4, -0.2) is 10.2 Å². The number of aliphatic hydroxyl groups is 1. The van der Waals surface area contributed by atoms with Gasteiger partial charge in [-0.05, 0) is 36.3 Å². The van der Waals surface area contributed by atoms with Crippen molar-refractivity contribution in [2.24, 2.45) is 5.92 Å². The first kappa shape index (κ1) is 15.9. The Morgan fingerprint density at radius 2 is 1.95 bits per heavy atom. The van der Waals surface area contributed by atoms with Gasteiger partial charge in [0.25, 0.3) is 0 Å². The van der Waals surface area contributed by atoms with E-state index in [0.29, 0.717) is 23.0 Å². The van der Waals surface area contributed by atoms with Crippen molar-refractivity contribution in [3.8, 4) is 5.75 Å². The van der Waals surface area contributed by atoms with Crippen molar-refractivity contribution >= 4 is 11.0 Å². The fraction of sp³-hybridized carbons (Fsp3) is 0.556. The average molecular weight is 290 g/mol. The molecule has 2 aromatic rings. The number of benzene rings is 1. The molecule has 0 radical (unpaired) electrons. The van der Waals surface area contributed by atoms with E-state index in [1.807, 2.05) is 6.07 Å². The number of phenols is 1. The highest BCUT2D eigenvalue weighted by Crippen LogP contribution is 2.38. The predicted octanol–water partition coefficient (Wildman–Crippen LogP) is 4.73. The van der Waals surface area contributed by atoms with E-state index in [9.17, 15) is 10.2 Å². The van der Waals surface area contributed by atoms with Crippen LogP contribution in [0.25, 0.3) is 11.0 Å². The molecule has 0 aliphatic heterocycles. The molecule has 1 unspecified atom stereocenters. The molecular formula is C18H26O3. The van der Waals surface area contributed by atoms with Gasteiger partial charge in [0, 0.05) is 10.9 Å². The molecule has 1 heterocycles. The van der Waals surface area contributed by atoms with Gasteiger partial charge >= 0.3 is 0 Å². The maximum atomic E-state index is 10.4. The molecule has 0 amide bonds. The van der Waals surface area contributed by atoms with Crippen molar-refractivity contribution in [1.29, 1.82) is 0 Å². The van der Waals surface area contributed by atoms with Crippen LogP contribution >= 0.6 is 0 Å². The Balaban J connectivity index is 2.61. The molecule has 2 N–H and O–H groups in total. The molecular weight excluding hydrogens is 264 g/mol. The summed E-state index contributed by atoms with van der Waals surface area (Å²) in [5.41, 5.74) is 3.21. The van der Waals surface area contributed by atoms with E-state index in [1.165, 1.54) is 5.56 Å².